The molecule has 2 atom stereocenters. The normalized spacial score (nSPS) is 19.6. The van der Waals surface area contributed by atoms with Crippen molar-refractivity contribution in [1.82, 2.24) is 15.1 Å². The average molecular weight is 529 g/mol. The van der Waals surface area contributed by atoms with Crippen LogP contribution in [0.15, 0.2) is 42.5 Å². The van der Waals surface area contributed by atoms with Gasteiger partial charge in [-0.05, 0) is 50.6 Å². The van der Waals surface area contributed by atoms with Crippen molar-refractivity contribution in [3.63, 3.8) is 0 Å². The number of fused-ring (bicyclic) bond motifs is 1. The van der Waals surface area contributed by atoms with Crippen molar-refractivity contribution in [3.05, 3.63) is 58.6 Å². The van der Waals surface area contributed by atoms with Gasteiger partial charge in [0, 0.05) is 31.4 Å². The molecule has 10 heteroatoms. The number of hydrogen-bond acceptors (Lipinski definition) is 5. The van der Waals surface area contributed by atoms with Gasteiger partial charge >= 0.3 is 6.03 Å². The maximum absolute atomic E-state index is 13.7. The second-order valence-electron chi connectivity index (χ2n) is 9.27. The second kappa shape index (κ2) is 11.8. The van der Waals surface area contributed by atoms with Gasteiger partial charge in [0.25, 0.3) is 5.91 Å². The second-order valence-corrected chi connectivity index (χ2v) is 9.67. The third kappa shape index (κ3) is 5.99. The molecule has 0 aromatic heterocycles. The number of carbonyl (C=O) groups excluding carboxylic acids is 3. The Morgan fingerprint density at radius 1 is 1.11 bits per heavy atom. The lowest BCUT2D eigenvalue weighted by atomic mass is 10.1. The van der Waals surface area contributed by atoms with Gasteiger partial charge in [0.05, 0.1) is 43.0 Å². The van der Waals surface area contributed by atoms with E-state index < -0.39 is 0 Å². The van der Waals surface area contributed by atoms with Crippen molar-refractivity contribution in [1.29, 1.82) is 0 Å². The average Bonchev–Trinajstić information content (AvgIpc) is 3.04. The van der Waals surface area contributed by atoms with E-state index in [0.29, 0.717) is 49.2 Å². The van der Waals surface area contributed by atoms with Crippen molar-refractivity contribution < 1.29 is 23.9 Å². The Kier molecular flexibility index (Phi) is 8.56. The Bertz CT molecular complexity index is 1160. The van der Waals surface area contributed by atoms with E-state index in [0.717, 1.165) is 11.3 Å². The smallest absolute Gasteiger partial charge is 0.318 e. The third-order valence-corrected chi connectivity index (χ3v) is 6.98. The van der Waals surface area contributed by atoms with Crippen LogP contribution in [0.3, 0.4) is 0 Å². The van der Waals surface area contributed by atoms with Crippen LogP contribution in [0.5, 0.6) is 5.75 Å². The van der Waals surface area contributed by atoms with E-state index in [2.05, 4.69) is 5.32 Å². The summed E-state index contributed by atoms with van der Waals surface area (Å²) in [5, 5.41) is 3.08. The first kappa shape index (κ1) is 26.8. The zero-order valence-electron chi connectivity index (χ0n) is 21.4. The number of benzene rings is 2. The van der Waals surface area contributed by atoms with Crippen LogP contribution in [0.25, 0.3) is 0 Å². The lowest BCUT2D eigenvalue weighted by Gasteiger charge is -2.34. The number of amides is 4. The molecule has 4 amide bonds. The minimum absolute atomic E-state index is 0.0314. The highest BCUT2D eigenvalue weighted by atomic mass is 35.5. The zero-order valence-corrected chi connectivity index (χ0v) is 22.2. The van der Waals surface area contributed by atoms with Crippen LogP contribution in [0.4, 0.5) is 10.5 Å². The molecule has 2 aliphatic rings. The first-order valence-corrected chi connectivity index (χ1v) is 12.9. The van der Waals surface area contributed by atoms with Gasteiger partial charge in [-0.25, -0.2) is 4.79 Å². The van der Waals surface area contributed by atoms with Crippen molar-refractivity contribution in [2.75, 3.05) is 44.4 Å². The molecule has 0 bridgehead atoms. The van der Waals surface area contributed by atoms with Crippen molar-refractivity contribution in [3.8, 4) is 5.75 Å². The van der Waals surface area contributed by atoms with Crippen LogP contribution in [0.1, 0.15) is 36.7 Å². The Hall–Kier alpha value is -3.30. The minimum Gasteiger partial charge on any atom is -0.494 e. The summed E-state index contributed by atoms with van der Waals surface area (Å²) in [4.78, 5) is 44.6. The van der Waals surface area contributed by atoms with E-state index in [1.807, 2.05) is 45.0 Å². The highest BCUT2D eigenvalue weighted by Crippen LogP contribution is 2.31. The standard InChI is InChI=1S/C27H33ClN4O5/c1-4-37-21-9-10-22(23(28)13-21)26(34)32-15-18(2)31(16-20-7-5-6-8-24(20)32)27(35)29-14-25(33)30-11-12-36-17-19(30)3/h5-10,13,18-19H,4,11-12,14-17H2,1-3H3,(H,29,35)/t18-,19+/m1/s1. The summed E-state index contributed by atoms with van der Waals surface area (Å²) in [5.41, 5.74) is 1.90. The summed E-state index contributed by atoms with van der Waals surface area (Å²) >= 11 is 6.46. The molecule has 9 nitrogen and oxygen atoms in total. The van der Waals surface area contributed by atoms with Gasteiger partial charge in [0.15, 0.2) is 0 Å². The molecule has 2 aliphatic heterocycles. The molecule has 198 valence electrons. The number of ether oxygens (including phenoxy) is 2. The number of rotatable bonds is 5. The number of hydrogen-bond donors (Lipinski definition) is 1. The van der Waals surface area contributed by atoms with Crippen molar-refractivity contribution in [2.45, 2.75) is 39.4 Å². The Labute approximate surface area is 222 Å². The molecule has 0 spiro atoms. The van der Waals surface area contributed by atoms with Crippen LogP contribution in [-0.4, -0.2) is 79.2 Å². The van der Waals surface area contributed by atoms with E-state index in [-0.39, 0.29) is 43.0 Å². The summed E-state index contributed by atoms with van der Waals surface area (Å²) in [6.07, 6.45) is 0. The molecule has 1 saturated heterocycles. The van der Waals surface area contributed by atoms with E-state index >= 15 is 0 Å². The maximum Gasteiger partial charge on any atom is 0.318 e. The first-order valence-electron chi connectivity index (χ1n) is 12.5. The van der Waals surface area contributed by atoms with Gasteiger partial charge in [0.1, 0.15) is 5.75 Å². The van der Waals surface area contributed by atoms with Gasteiger partial charge in [-0.3, -0.25) is 9.59 Å². The SMILES string of the molecule is CCOc1ccc(C(=O)N2C[C@@H](C)N(C(=O)NCC(=O)N3CCOC[C@@H]3C)Cc3ccccc32)c(Cl)c1. The zero-order chi connectivity index (χ0) is 26.5. The quantitative estimate of drug-likeness (QED) is 0.641. The fourth-order valence-corrected chi connectivity index (χ4v) is 4.95. The molecule has 0 aliphatic carbocycles. The number of urea groups is 1. The molecule has 0 radical (unpaired) electrons. The van der Waals surface area contributed by atoms with E-state index in [1.165, 1.54) is 0 Å². The number of anilines is 1. The first-order chi connectivity index (χ1) is 17.8. The fourth-order valence-electron chi connectivity index (χ4n) is 4.70. The highest BCUT2D eigenvalue weighted by molar-refractivity contribution is 6.34. The number of carbonyl (C=O) groups is 3. The molecule has 2 heterocycles. The largest absolute Gasteiger partial charge is 0.494 e. The molecule has 1 N–H and O–H groups in total. The van der Waals surface area contributed by atoms with Crippen LogP contribution in [0, 0.1) is 0 Å². The number of nitrogens with one attached hydrogen (secondary N) is 1. The van der Waals surface area contributed by atoms with E-state index in [4.69, 9.17) is 21.1 Å². The molecule has 1 fully saturated rings. The van der Waals surface area contributed by atoms with Gasteiger partial charge in [-0.2, -0.15) is 0 Å². The van der Waals surface area contributed by atoms with E-state index in [1.54, 1.807) is 32.9 Å². The summed E-state index contributed by atoms with van der Waals surface area (Å²) in [6, 6.07) is 11.8. The monoisotopic (exact) mass is 528 g/mol. The minimum atomic E-state index is -0.357. The van der Waals surface area contributed by atoms with E-state index in [9.17, 15) is 14.4 Å². The molecular weight excluding hydrogens is 496 g/mol. The Balaban J connectivity index is 1.51. The number of morpholine rings is 1. The van der Waals surface area contributed by atoms with Gasteiger partial charge < -0.3 is 29.5 Å². The van der Waals surface area contributed by atoms with Crippen molar-refractivity contribution in [2.24, 2.45) is 0 Å². The highest BCUT2D eigenvalue weighted by Gasteiger charge is 2.33. The predicted octanol–water partition coefficient (Wildman–Crippen LogP) is 3.55. The van der Waals surface area contributed by atoms with Crippen LogP contribution >= 0.6 is 11.6 Å². The summed E-state index contributed by atoms with van der Waals surface area (Å²) in [7, 11) is 0. The molecular formula is C27H33ClN4O5. The van der Waals surface area contributed by atoms with Gasteiger partial charge in [-0.1, -0.05) is 29.8 Å². The fraction of sp³-hybridized carbons (Fsp3) is 0.444. The third-order valence-electron chi connectivity index (χ3n) is 6.67. The molecule has 37 heavy (non-hydrogen) atoms. The van der Waals surface area contributed by atoms with Gasteiger partial charge in [0.2, 0.25) is 5.91 Å². The Morgan fingerprint density at radius 3 is 2.62 bits per heavy atom. The Morgan fingerprint density at radius 2 is 1.89 bits per heavy atom. The summed E-state index contributed by atoms with van der Waals surface area (Å²) in [6.45, 7) is 8.14. The summed E-state index contributed by atoms with van der Waals surface area (Å²) < 4.78 is 10.9. The lowest BCUT2D eigenvalue weighted by Crippen LogP contribution is -2.53. The molecule has 2 aromatic carbocycles. The van der Waals surface area contributed by atoms with Crippen LogP contribution in [0.2, 0.25) is 5.02 Å². The van der Waals surface area contributed by atoms with Gasteiger partial charge in [-0.15, -0.1) is 0 Å². The predicted molar refractivity (Wildman–Crippen MR) is 141 cm³/mol. The summed E-state index contributed by atoms with van der Waals surface area (Å²) in [5.74, 6) is 0.192. The molecule has 0 saturated carbocycles. The molecule has 4 rings (SSSR count). The van der Waals surface area contributed by atoms with Crippen LogP contribution < -0.4 is 15.0 Å². The number of halogens is 1. The lowest BCUT2D eigenvalue weighted by molar-refractivity contribution is -0.137. The van der Waals surface area contributed by atoms with Crippen LogP contribution in [-0.2, 0) is 16.1 Å². The van der Waals surface area contributed by atoms with Crippen molar-refractivity contribution >= 4 is 35.1 Å². The maximum atomic E-state index is 13.7. The number of nitrogens with zero attached hydrogens (tertiary/aromatic N) is 3. The molecule has 0 unspecified atom stereocenters. The topological polar surface area (TPSA) is 91.4 Å². The number of para-hydroxylation sites is 1. The molecule has 2 aromatic rings.